The normalized spacial score (nSPS) is 22.6. The Hall–Kier alpha value is -1.05. The zero-order valence-electron chi connectivity index (χ0n) is 6.93. The van der Waals surface area contributed by atoms with Crippen molar-refractivity contribution in [3.63, 3.8) is 0 Å². The molecular formula is C9H14N2. The minimum atomic E-state index is 0.981. The maximum absolute atomic E-state index is 4.26. The van der Waals surface area contributed by atoms with Crippen LogP contribution in [0.15, 0.2) is 29.5 Å². The molecule has 1 rings (SSSR count). The number of rotatable bonds is 1. The molecule has 0 unspecified atom stereocenters. The average molecular weight is 150 g/mol. The van der Waals surface area contributed by atoms with Crippen LogP contribution in [0.2, 0.25) is 0 Å². The molecule has 1 heterocycles. The van der Waals surface area contributed by atoms with E-state index in [1.807, 2.05) is 19.2 Å². The molecule has 0 atom stereocenters. The lowest BCUT2D eigenvalue weighted by Crippen LogP contribution is -2.26. The monoisotopic (exact) mass is 150 g/mol. The minimum absolute atomic E-state index is 0.981. The summed E-state index contributed by atoms with van der Waals surface area (Å²) in [5.41, 5.74) is 2.07. The van der Waals surface area contributed by atoms with Crippen molar-refractivity contribution in [2.75, 3.05) is 6.54 Å². The van der Waals surface area contributed by atoms with Crippen molar-refractivity contribution in [2.45, 2.75) is 19.8 Å². The van der Waals surface area contributed by atoms with Gasteiger partial charge in [0.25, 0.3) is 0 Å². The lowest BCUT2D eigenvalue weighted by Gasteiger charge is -2.16. The van der Waals surface area contributed by atoms with Gasteiger partial charge in [0.1, 0.15) is 0 Å². The molecule has 1 saturated heterocycles. The highest BCUT2D eigenvalue weighted by Crippen LogP contribution is 2.06. The molecule has 0 amide bonds. The quantitative estimate of drug-likeness (QED) is 0.606. The van der Waals surface area contributed by atoms with E-state index in [1.165, 1.54) is 0 Å². The zero-order valence-corrected chi connectivity index (χ0v) is 6.93. The summed E-state index contributed by atoms with van der Waals surface area (Å²) in [5, 5.41) is 3.18. The third-order valence-electron chi connectivity index (χ3n) is 1.66. The van der Waals surface area contributed by atoms with Gasteiger partial charge in [0.05, 0.1) is 5.71 Å². The van der Waals surface area contributed by atoms with Gasteiger partial charge in [0.15, 0.2) is 0 Å². The summed E-state index contributed by atoms with van der Waals surface area (Å²) < 4.78 is 0. The minimum Gasteiger partial charge on any atom is -0.384 e. The van der Waals surface area contributed by atoms with E-state index in [9.17, 15) is 0 Å². The summed E-state index contributed by atoms with van der Waals surface area (Å²) in [5.74, 6) is 0. The molecule has 1 fully saturated rings. The molecule has 0 bridgehead atoms. The van der Waals surface area contributed by atoms with Crippen molar-refractivity contribution in [1.82, 2.24) is 5.32 Å². The number of hydrogen-bond acceptors (Lipinski definition) is 2. The number of aliphatic imine (C=N–C) groups is 1. The van der Waals surface area contributed by atoms with Gasteiger partial charge in [0, 0.05) is 18.4 Å². The van der Waals surface area contributed by atoms with Crippen molar-refractivity contribution in [3.8, 4) is 0 Å². The van der Waals surface area contributed by atoms with Crippen molar-refractivity contribution >= 4 is 5.71 Å². The molecule has 0 aromatic rings. The average Bonchev–Trinajstić information content (AvgIpc) is 2.03. The Morgan fingerprint density at radius 1 is 1.64 bits per heavy atom. The molecule has 0 radical (unpaired) electrons. The van der Waals surface area contributed by atoms with Crippen LogP contribution < -0.4 is 5.32 Å². The molecular weight excluding hydrogens is 136 g/mol. The van der Waals surface area contributed by atoms with E-state index in [-0.39, 0.29) is 0 Å². The van der Waals surface area contributed by atoms with Gasteiger partial charge >= 0.3 is 0 Å². The number of nitrogens with one attached hydrogen (secondary N) is 1. The Kier molecular flexibility index (Phi) is 2.90. The summed E-state index contributed by atoms with van der Waals surface area (Å²) in [6.07, 6.45) is 5.95. The molecule has 1 N–H and O–H groups in total. The summed E-state index contributed by atoms with van der Waals surface area (Å²) in [4.78, 5) is 4.26. The van der Waals surface area contributed by atoms with Crippen LogP contribution in [0.5, 0.6) is 0 Å². The summed E-state index contributed by atoms with van der Waals surface area (Å²) >= 11 is 0. The van der Waals surface area contributed by atoms with Gasteiger partial charge in [-0.05, 0) is 19.8 Å². The van der Waals surface area contributed by atoms with Crippen LogP contribution in [0.3, 0.4) is 0 Å². The molecule has 11 heavy (non-hydrogen) atoms. The first kappa shape index (κ1) is 8.05. The van der Waals surface area contributed by atoms with Gasteiger partial charge in [0.2, 0.25) is 0 Å². The van der Waals surface area contributed by atoms with E-state index in [0.29, 0.717) is 0 Å². The van der Waals surface area contributed by atoms with E-state index >= 15 is 0 Å². The van der Waals surface area contributed by atoms with E-state index in [1.54, 1.807) is 0 Å². The summed E-state index contributed by atoms with van der Waals surface area (Å²) in [6.45, 7) is 6.87. The van der Waals surface area contributed by atoms with Crippen LogP contribution in [0.1, 0.15) is 19.8 Å². The number of nitrogens with zero attached hydrogens (tertiary/aromatic N) is 1. The molecule has 0 saturated carbocycles. The Morgan fingerprint density at radius 3 is 3.09 bits per heavy atom. The molecule has 60 valence electrons. The Balaban J connectivity index is 2.61. The maximum atomic E-state index is 4.26. The molecule has 0 aromatic heterocycles. The fourth-order valence-corrected chi connectivity index (χ4v) is 1.06. The number of piperidine rings is 1. The van der Waals surface area contributed by atoms with E-state index in [0.717, 1.165) is 30.8 Å². The summed E-state index contributed by atoms with van der Waals surface area (Å²) in [7, 11) is 0. The molecule has 2 nitrogen and oxygen atoms in total. The van der Waals surface area contributed by atoms with Crippen molar-refractivity contribution in [2.24, 2.45) is 4.99 Å². The Labute approximate surface area is 67.7 Å². The SMILES string of the molecule is C=C1NCCCC1=N/C=C\C. The second-order valence-electron chi connectivity index (χ2n) is 2.57. The van der Waals surface area contributed by atoms with Gasteiger partial charge in [-0.3, -0.25) is 4.99 Å². The smallest absolute Gasteiger partial charge is 0.0629 e. The van der Waals surface area contributed by atoms with Crippen LogP contribution in [0.25, 0.3) is 0 Å². The second kappa shape index (κ2) is 3.96. The van der Waals surface area contributed by atoms with Gasteiger partial charge in [-0.15, -0.1) is 0 Å². The lowest BCUT2D eigenvalue weighted by molar-refractivity contribution is 0.726. The van der Waals surface area contributed by atoms with Gasteiger partial charge < -0.3 is 5.32 Å². The van der Waals surface area contributed by atoms with Crippen LogP contribution in [-0.2, 0) is 0 Å². The second-order valence-corrected chi connectivity index (χ2v) is 2.57. The largest absolute Gasteiger partial charge is 0.384 e. The molecule has 0 aromatic carbocycles. The van der Waals surface area contributed by atoms with Crippen molar-refractivity contribution < 1.29 is 0 Å². The Bertz CT molecular complexity index is 202. The number of hydrogen-bond donors (Lipinski definition) is 1. The first-order valence-electron chi connectivity index (χ1n) is 3.95. The Morgan fingerprint density at radius 2 is 2.45 bits per heavy atom. The van der Waals surface area contributed by atoms with E-state index < -0.39 is 0 Å². The highest BCUT2D eigenvalue weighted by atomic mass is 14.9. The molecule has 0 aliphatic carbocycles. The van der Waals surface area contributed by atoms with E-state index in [4.69, 9.17) is 0 Å². The third kappa shape index (κ3) is 2.22. The molecule has 0 spiro atoms. The first-order chi connectivity index (χ1) is 5.34. The fourth-order valence-electron chi connectivity index (χ4n) is 1.06. The van der Waals surface area contributed by atoms with Crippen LogP contribution >= 0.6 is 0 Å². The van der Waals surface area contributed by atoms with Crippen LogP contribution in [0, 0.1) is 0 Å². The van der Waals surface area contributed by atoms with E-state index in [2.05, 4.69) is 16.9 Å². The fraction of sp³-hybridized carbons (Fsp3) is 0.444. The molecule has 2 heteroatoms. The molecule has 1 aliphatic heterocycles. The van der Waals surface area contributed by atoms with Crippen LogP contribution in [0.4, 0.5) is 0 Å². The standard InChI is InChI=1S/C9H14N2/c1-3-6-11-9-5-4-7-10-8(9)2/h3,6,10H,2,4-5,7H2,1H3/b6-3-,11-9?. The molecule has 1 aliphatic rings. The first-order valence-corrected chi connectivity index (χ1v) is 3.95. The predicted octanol–water partition coefficient (Wildman–Crippen LogP) is 1.86. The van der Waals surface area contributed by atoms with Gasteiger partial charge in [-0.1, -0.05) is 12.7 Å². The predicted molar refractivity (Wildman–Crippen MR) is 48.6 cm³/mol. The zero-order chi connectivity index (χ0) is 8.10. The lowest BCUT2D eigenvalue weighted by atomic mass is 10.1. The van der Waals surface area contributed by atoms with Crippen LogP contribution in [-0.4, -0.2) is 12.3 Å². The third-order valence-corrected chi connectivity index (χ3v) is 1.66. The number of allylic oxidation sites excluding steroid dienone is 2. The van der Waals surface area contributed by atoms with Gasteiger partial charge in [-0.2, -0.15) is 0 Å². The highest BCUT2D eigenvalue weighted by molar-refractivity contribution is 6.00. The highest BCUT2D eigenvalue weighted by Gasteiger charge is 2.08. The topological polar surface area (TPSA) is 24.4 Å². The maximum Gasteiger partial charge on any atom is 0.0629 e. The van der Waals surface area contributed by atoms with Gasteiger partial charge in [-0.25, -0.2) is 0 Å². The van der Waals surface area contributed by atoms with Crippen molar-refractivity contribution in [3.05, 3.63) is 24.6 Å². The van der Waals surface area contributed by atoms with Crippen molar-refractivity contribution in [1.29, 1.82) is 0 Å². The summed E-state index contributed by atoms with van der Waals surface area (Å²) in [6, 6.07) is 0.